The summed E-state index contributed by atoms with van der Waals surface area (Å²) >= 11 is 19.9. The van der Waals surface area contributed by atoms with Crippen LogP contribution in [-0.2, 0) is 4.79 Å². The Morgan fingerprint density at radius 1 is 1.03 bits per heavy atom. The lowest BCUT2D eigenvalue weighted by Crippen LogP contribution is -2.43. The van der Waals surface area contributed by atoms with Crippen molar-refractivity contribution in [2.75, 3.05) is 5.32 Å². The minimum absolute atomic E-state index is 0.306. The van der Waals surface area contributed by atoms with E-state index in [0.717, 1.165) is 3.57 Å². The fourth-order valence-corrected chi connectivity index (χ4v) is 4.78. The molecule has 1 aliphatic heterocycles. The molecule has 1 aliphatic rings. The number of nitrogens with zero attached hydrogens (tertiary/aromatic N) is 1. The van der Waals surface area contributed by atoms with Crippen molar-refractivity contribution in [2.24, 2.45) is 0 Å². The first-order chi connectivity index (χ1) is 15.3. The standard InChI is InChI=1S/C23H15Cl2IN2O3S/c24-14-5-1-12(2-6-14)19-21(32)27-18-10-9-16(26)11-17(18)22(29)28(19)20(23(30)31)13-3-7-15(25)8-4-13/h1-11,19-20H,(H,27,32)(H,30,31). The molecule has 5 nitrogen and oxygen atoms in total. The zero-order valence-corrected chi connectivity index (χ0v) is 20.7. The van der Waals surface area contributed by atoms with Crippen LogP contribution in [0.5, 0.6) is 0 Å². The molecule has 9 heteroatoms. The minimum atomic E-state index is -1.30. The molecule has 3 aromatic carbocycles. The van der Waals surface area contributed by atoms with E-state index < -0.39 is 24.0 Å². The van der Waals surface area contributed by atoms with Gasteiger partial charge in [0, 0.05) is 13.6 Å². The molecule has 4 rings (SSSR count). The third-order valence-corrected chi connectivity index (χ3v) is 6.61. The van der Waals surface area contributed by atoms with Crippen LogP contribution < -0.4 is 5.32 Å². The Hall–Kier alpha value is -2.20. The SMILES string of the molecule is O=C(O)C(c1ccc(Cl)cc1)N1C(=O)c2cc(I)ccc2NC(=S)C1c1ccc(Cl)cc1. The van der Waals surface area contributed by atoms with E-state index in [0.29, 0.717) is 37.4 Å². The maximum Gasteiger partial charge on any atom is 0.331 e. The molecule has 0 fully saturated rings. The van der Waals surface area contributed by atoms with E-state index in [1.807, 2.05) is 6.07 Å². The number of rotatable bonds is 4. The summed E-state index contributed by atoms with van der Waals surface area (Å²) < 4.78 is 0.839. The normalized spacial score (nSPS) is 16.7. The van der Waals surface area contributed by atoms with Gasteiger partial charge in [-0.3, -0.25) is 4.79 Å². The van der Waals surface area contributed by atoms with Crippen molar-refractivity contribution >= 4 is 80.6 Å². The first-order valence-electron chi connectivity index (χ1n) is 9.43. The predicted octanol–water partition coefficient (Wildman–Crippen LogP) is 6.36. The number of carboxylic acids is 1. The van der Waals surface area contributed by atoms with Gasteiger partial charge in [0.05, 0.1) is 11.3 Å². The van der Waals surface area contributed by atoms with E-state index in [9.17, 15) is 14.7 Å². The van der Waals surface area contributed by atoms with E-state index in [2.05, 4.69) is 27.9 Å². The molecule has 0 saturated carbocycles. The molecular formula is C23H15Cl2IN2O3S. The number of carboxylic acid groups (broad SMARTS) is 1. The number of hydrogen-bond acceptors (Lipinski definition) is 3. The van der Waals surface area contributed by atoms with Crippen molar-refractivity contribution in [3.63, 3.8) is 0 Å². The maximum absolute atomic E-state index is 13.9. The second-order valence-corrected chi connectivity index (χ2v) is 9.70. The summed E-state index contributed by atoms with van der Waals surface area (Å²) in [5, 5.41) is 14.4. The minimum Gasteiger partial charge on any atom is -0.479 e. The Bertz CT molecular complexity index is 1220. The number of nitrogens with one attached hydrogen (secondary N) is 1. The average Bonchev–Trinajstić information content (AvgIpc) is 2.85. The highest BCUT2D eigenvalue weighted by molar-refractivity contribution is 14.1. The summed E-state index contributed by atoms with van der Waals surface area (Å²) in [6.45, 7) is 0. The van der Waals surface area contributed by atoms with Crippen LogP contribution in [0.25, 0.3) is 0 Å². The summed E-state index contributed by atoms with van der Waals surface area (Å²) in [6.07, 6.45) is 0. The van der Waals surface area contributed by atoms with Crippen LogP contribution in [0.15, 0.2) is 66.7 Å². The maximum atomic E-state index is 13.9. The average molecular weight is 597 g/mol. The van der Waals surface area contributed by atoms with Crippen molar-refractivity contribution in [3.05, 3.63) is 97.0 Å². The van der Waals surface area contributed by atoms with E-state index in [1.165, 1.54) is 4.90 Å². The molecule has 0 radical (unpaired) electrons. The number of amides is 1. The number of thiocarbonyl (C=S) groups is 1. The topological polar surface area (TPSA) is 69.6 Å². The van der Waals surface area contributed by atoms with Gasteiger partial charge < -0.3 is 15.3 Å². The molecule has 32 heavy (non-hydrogen) atoms. The number of anilines is 1. The molecule has 0 aliphatic carbocycles. The molecule has 0 aromatic heterocycles. The van der Waals surface area contributed by atoms with E-state index in [1.54, 1.807) is 60.7 Å². The van der Waals surface area contributed by atoms with Gasteiger partial charge in [-0.05, 0) is 76.2 Å². The molecule has 0 bridgehead atoms. The lowest BCUT2D eigenvalue weighted by atomic mass is 9.98. The van der Waals surface area contributed by atoms with Crippen LogP contribution >= 0.6 is 58.0 Å². The smallest absolute Gasteiger partial charge is 0.331 e. The Morgan fingerprint density at radius 3 is 2.22 bits per heavy atom. The van der Waals surface area contributed by atoms with Crippen LogP contribution in [0.3, 0.4) is 0 Å². The first-order valence-corrected chi connectivity index (χ1v) is 11.7. The van der Waals surface area contributed by atoms with Crippen molar-refractivity contribution in [2.45, 2.75) is 12.1 Å². The van der Waals surface area contributed by atoms with Crippen LogP contribution in [-0.4, -0.2) is 26.9 Å². The van der Waals surface area contributed by atoms with Crippen LogP contribution in [0, 0.1) is 3.57 Å². The Kier molecular flexibility index (Phi) is 6.71. The fourth-order valence-electron chi connectivity index (χ4n) is 3.68. The molecule has 162 valence electrons. The fraction of sp³-hybridized carbons (Fsp3) is 0.0870. The number of halogens is 3. The monoisotopic (exact) mass is 596 g/mol. The van der Waals surface area contributed by atoms with Crippen molar-refractivity contribution < 1.29 is 14.7 Å². The summed E-state index contributed by atoms with van der Waals surface area (Å²) in [6, 6.07) is 16.4. The summed E-state index contributed by atoms with van der Waals surface area (Å²) in [7, 11) is 0. The van der Waals surface area contributed by atoms with Crippen LogP contribution in [0.2, 0.25) is 10.0 Å². The second-order valence-electron chi connectivity index (χ2n) is 7.14. The van der Waals surface area contributed by atoms with Crippen molar-refractivity contribution in [3.8, 4) is 0 Å². The Balaban J connectivity index is 1.95. The van der Waals surface area contributed by atoms with Gasteiger partial charge in [0.1, 0.15) is 11.0 Å². The highest BCUT2D eigenvalue weighted by atomic mass is 127. The zero-order chi connectivity index (χ0) is 23.0. The zero-order valence-electron chi connectivity index (χ0n) is 16.3. The summed E-state index contributed by atoms with van der Waals surface area (Å²) in [5.41, 5.74) is 1.92. The molecular weight excluding hydrogens is 582 g/mol. The van der Waals surface area contributed by atoms with Gasteiger partial charge in [0.25, 0.3) is 5.91 Å². The van der Waals surface area contributed by atoms with Crippen LogP contribution in [0.1, 0.15) is 33.6 Å². The number of hydrogen-bond donors (Lipinski definition) is 2. The lowest BCUT2D eigenvalue weighted by Gasteiger charge is -2.35. The third kappa shape index (κ3) is 4.47. The van der Waals surface area contributed by atoms with Crippen molar-refractivity contribution in [1.29, 1.82) is 0 Å². The Morgan fingerprint density at radius 2 is 1.62 bits per heavy atom. The van der Waals surface area contributed by atoms with Gasteiger partial charge in [-0.15, -0.1) is 0 Å². The number of fused-ring (bicyclic) bond motifs is 1. The van der Waals surface area contributed by atoms with Gasteiger partial charge in [-0.25, -0.2) is 4.79 Å². The molecule has 3 aromatic rings. The van der Waals surface area contributed by atoms with Crippen molar-refractivity contribution in [1.82, 2.24) is 4.90 Å². The lowest BCUT2D eigenvalue weighted by molar-refractivity contribution is -0.143. The van der Waals surface area contributed by atoms with E-state index in [4.69, 9.17) is 35.4 Å². The molecule has 2 N–H and O–H groups in total. The third-order valence-electron chi connectivity index (χ3n) is 5.11. The van der Waals surface area contributed by atoms with Gasteiger partial charge >= 0.3 is 5.97 Å². The summed E-state index contributed by atoms with van der Waals surface area (Å²) in [4.78, 5) is 28.0. The second kappa shape index (κ2) is 9.35. The molecule has 1 heterocycles. The molecule has 1 amide bonds. The summed E-state index contributed by atoms with van der Waals surface area (Å²) in [5.74, 6) is -1.63. The van der Waals surface area contributed by atoms with Gasteiger partial charge in [-0.2, -0.15) is 0 Å². The highest BCUT2D eigenvalue weighted by Crippen LogP contribution is 2.39. The van der Waals surface area contributed by atoms with E-state index >= 15 is 0 Å². The molecule has 2 unspecified atom stereocenters. The predicted molar refractivity (Wildman–Crippen MR) is 138 cm³/mol. The van der Waals surface area contributed by atoms with Gasteiger partial charge in [0.15, 0.2) is 6.04 Å². The highest BCUT2D eigenvalue weighted by Gasteiger charge is 2.42. The number of carbonyl (C=O) groups is 2. The number of aliphatic carboxylic acids is 1. The Labute approximate surface area is 213 Å². The van der Waals surface area contributed by atoms with Gasteiger partial charge in [0.2, 0.25) is 0 Å². The quantitative estimate of drug-likeness (QED) is 0.271. The number of benzene rings is 3. The molecule has 2 atom stereocenters. The van der Waals surface area contributed by atoms with E-state index in [-0.39, 0.29) is 0 Å². The molecule has 0 spiro atoms. The number of carbonyl (C=O) groups excluding carboxylic acids is 1. The van der Waals surface area contributed by atoms with Crippen LogP contribution in [0.4, 0.5) is 5.69 Å². The van der Waals surface area contributed by atoms with Gasteiger partial charge in [-0.1, -0.05) is 59.7 Å². The largest absolute Gasteiger partial charge is 0.479 e. The molecule has 0 saturated heterocycles. The first kappa shape index (κ1) is 23.0.